The van der Waals surface area contributed by atoms with Crippen molar-refractivity contribution in [1.82, 2.24) is 4.98 Å². The second-order valence-electron chi connectivity index (χ2n) is 3.33. The Bertz CT molecular complexity index is 485. The molecule has 1 heterocycles. The third-order valence-electron chi connectivity index (χ3n) is 2.23. The number of aliphatic hydroxyl groups is 1. The number of pyridine rings is 1. The van der Waals surface area contributed by atoms with Gasteiger partial charge in [0, 0.05) is 5.56 Å². The van der Waals surface area contributed by atoms with Crippen molar-refractivity contribution in [3.63, 3.8) is 0 Å². The molecule has 0 radical (unpaired) electrons. The topological polar surface area (TPSA) is 33.1 Å². The number of aliphatic hydroxyl groups excluding tert-OH is 1. The smallest absolute Gasteiger partial charge is 0.141 e. The molecule has 0 bridgehead atoms. The number of nitrogens with zero attached hydrogens (tertiary/aromatic N) is 1. The van der Waals surface area contributed by atoms with Gasteiger partial charge in [0.25, 0.3) is 0 Å². The van der Waals surface area contributed by atoms with E-state index in [9.17, 15) is 13.9 Å². The highest BCUT2D eigenvalue weighted by molar-refractivity contribution is 5.26. The first-order valence-corrected chi connectivity index (χ1v) is 4.72. The maximum atomic E-state index is 13.3. The molecule has 16 heavy (non-hydrogen) atoms. The van der Waals surface area contributed by atoms with Gasteiger partial charge in [-0.25, -0.2) is 8.78 Å². The van der Waals surface area contributed by atoms with E-state index in [0.717, 1.165) is 6.20 Å². The summed E-state index contributed by atoms with van der Waals surface area (Å²) in [5, 5.41) is 9.84. The Kier molecular flexibility index (Phi) is 2.92. The molecule has 0 saturated carbocycles. The van der Waals surface area contributed by atoms with Crippen molar-refractivity contribution in [2.24, 2.45) is 0 Å². The van der Waals surface area contributed by atoms with E-state index in [4.69, 9.17) is 0 Å². The van der Waals surface area contributed by atoms with E-state index in [1.54, 1.807) is 6.07 Å². The average Bonchev–Trinajstić information content (AvgIpc) is 2.30. The van der Waals surface area contributed by atoms with Crippen LogP contribution in [0.25, 0.3) is 0 Å². The summed E-state index contributed by atoms with van der Waals surface area (Å²) >= 11 is 0. The largest absolute Gasteiger partial charge is 0.382 e. The Morgan fingerprint density at radius 1 is 1.06 bits per heavy atom. The quantitative estimate of drug-likeness (QED) is 0.844. The van der Waals surface area contributed by atoms with Gasteiger partial charge in [-0.05, 0) is 18.2 Å². The molecule has 1 atom stereocenters. The van der Waals surface area contributed by atoms with Gasteiger partial charge in [-0.1, -0.05) is 18.2 Å². The van der Waals surface area contributed by atoms with E-state index in [1.807, 2.05) is 0 Å². The predicted molar refractivity (Wildman–Crippen MR) is 54.7 cm³/mol. The average molecular weight is 221 g/mol. The number of hydrogen-bond donors (Lipinski definition) is 1. The minimum absolute atomic E-state index is 0.126. The fourth-order valence-corrected chi connectivity index (χ4v) is 1.41. The zero-order chi connectivity index (χ0) is 11.5. The lowest BCUT2D eigenvalue weighted by atomic mass is 10.1. The van der Waals surface area contributed by atoms with Crippen LogP contribution in [-0.4, -0.2) is 10.1 Å². The van der Waals surface area contributed by atoms with Crippen LogP contribution >= 0.6 is 0 Å². The molecule has 0 amide bonds. The Hall–Kier alpha value is -1.81. The standard InChI is InChI=1S/C12H9F2NO/c13-8-5-6-11(15-7-8)12(16)9-3-1-2-4-10(9)14/h1-7,12,16H. The number of benzene rings is 1. The molecular weight excluding hydrogens is 212 g/mol. The Morgan fingerprint density at radius 2 is 1.81 bits per heavy atom. The molecule has 4 heteroatoms. The van der Waals surface area contributed by atoms with Crippen LogP contribution in [0.15, 0.2) is 42.6 Å². The second-order valence-corrected chi connectivity index (χ2v) is 3.33. The van der Waals surface area contributed by atoms with Gasteiger partial charge in [-0.15, -0.1) is 0 Å². The highest BCUT2D eigenvalue weighted by Crippen LogP contribution is 2.22. The normalized spacial score (nSPS) is 12.4. The van der Waals surface area contributed by atoms with E-state index in [2.05, 4.69) is 4.98 Å². The van der Waals surface area contributed by atoms with E-state index in [-0.39, 0.29) is 11.3 Å². The summed E-state index contributed by atoms with van der Waals surface area (Å²) in [6.07, 6.45) is -0.193. The Labute approximate surface area is 91.2 Å². The molecule has 1 unspecified atom stereocenters. The number of aromatic nitrogens is 1. The van der Waals surface area contributed by atoms with E-state index < -0.39 is 17.7 Å². The molecule has 2 nitrogen and oxygen atoms in total. The second kappa shape index (κ2) is 4.37. The number of hydrogen-bond acceptors (Lipinski definition) is 2. The summed E-state index contributed by atoms with van der Waals surface area (Å²) in [5.41, 5.74) is 0.341. The van der Waals surface area contributed by atoms with Crippen molar-refractivity contribution in [3.8, 4) is 0 Å². The SMILES string of the molecule is OC(c1ccc(F)cn1)c1ccccc1F. The zero-order valence-electron chi connectivity index (χ0n) is 8.27. The molecule has 1 N–H and O–H groups in total. The lowest BCUT2D eigenvalue weighted by Gasteiger charge is -2.10. The van der Waals surface area contributed by atoms with E-state index >= 15 is 0 Å². The van der Waals surface area contributed by atoms with Gasteiger partial charge >= 0.3 is 0 Å². The van der Waals surface area contributed by atoms with Gasteiger partial charge in [0.05, 0.1) is 11.9 Å². The molecule has 2 rings (SSSR count). The lowest BCUT2D eigenvalue weighted by molar-refractivity contribution is 0.210. The Morgan fingerprint density at radius 3 is 2.44 bits per heavy atom. The molecule has 1 aromatic carbocycles. The van der Waals surface area contributed by atoms with Crippen molar-refractivity contribution < 1.29 is 13.9 Å². The maximum absolute atomic E-state index is 13.3. The maximum Gasteiger partial charge on any atom is 0.141 e. The molecule has 0 aliphatic heterocycles. The fraction of sp³-hybridized carbons (Fsp3) is 0.0833. The molecular formula is C12H9F2NO. The molecule has 0 saturated heterocycles. The first-order valence-electron chi connectivity index (χ1n) is 4.72. The van der Waals surface area contributed by atoms with Crippen molar-refractivity contribution in [2.45, 2.75) is 6.10 Å². The molecule has 0 spiro atoms. The minimum atomic E-state index is -1.18. The Balaban J connectivity index is 2.35. The van der Waals surface area contributed by atoms with Crippen LogP contribution in [0.3, 0.4) is 0 Å². The number of halogens is 2. The highest BCUT2D eigenvalue weighted by atomic mass is 19.1. The van der Waals surface area contributed by atoms with Crippen molar-refractivity contribution in [2.75, 3.05) is 0 Å². The van der Waals surface area contributed by atoms with Gasteiger partial charge in [0.1, 0.15) is 17.7 Å². The summed E-state index contributed by atoms with van der Waals surface area (Å²) < 4.78 is 26.0. The van der Waals surface area contributed by atoms with Crippen LogP contribution in [0.4, 0.5) is 8.78 Å². The summed E-state index contributed by atoms with van der Waals surface area (Å²) in [7, 11) is 0. The predicted octanol–water partition coefficient (Wildman–Crippen LogP) is 2.44. The van der Waals surface area contributed by atoms with Gasteiger partial charge in [-0.3, -0.25) is 4.98 Å². The monoisotopic (exact) mass is 221 g/mol. The van der Waals surface area contributed by atoms with Gasteiger partial charge < -0.3 is 5.11 Å². The summed E-state index contributed by atoms with van der Waals surface area (Å²) in [5.74, 6) is -1.01. The van der Waals surface area contributed by atoms with Crippen LogP contribution in [0.5, 0.6) is 0 Å². The van der Waals surface area contributed by atoms with Gasteiger partial charge in [-0.2, -0.15) is 0 Å². The number of rotatable bonds is 2. The molecule has 0 aliphatic carbocycles. The minimum Gasteiger partial charge on any atom is -0.382 e. The van der Waals surface area contributed by atoms with Gasteiger partial charge in [0.15, 0.2) is 0 Å². The van der Waals surface area contributed by atoms with Crippen molar-refractivity contribution >= 4 is 0 Å². The van der Waals surface area contributed by atoms with Crippen LogP contribution < -0.4 is 0 Å². The first kappa shape index (κ1) is 10.7. The first-order chi connectivity index (χ1) is 7.68. The van der Waals surface area contributed by atoms with E-state index in [0.29, 0.717) is 0 Å². The molecule has 2 aromatic rings. The van der Waals surface area contributed by atoms with E-state index in [1.165, 1.54) is 30.3 Å². The van der Waals surface area contributed by atoms with Crippen LogP contribution in [-0.2, 0) is 0 Å². The highest BCUT2D eigenvalue weighted by Gasteiger charge is 2.15. The zero-order valence-corrected chi connectivity index (χ0v) is 8.27. The molecule has 0 fully saturated rings. The van der Waals surface area contributed by atoms with Crippen LogP contribution in [0.1, 0.15) is 17.4 Å². The summed E-state index contributed by atoms with van der Waals surface area (Å²) in [4.78, 5) is 3.70. The van der Waals surface area contributed by atoms with Gasteiger partial charge in [0.2, 0.25) is 0 Å². The summed E-state index contributed by atoms with van der Waals surface area (Å²) in [6, 6.07) is 8.36. The summed E-state index contributed by atoms with van der Waals surface area (Å²) in [6.45, 7) is 0. The molecule has 1 aromatic heterocycles. The fourth-order valence-electron chi connectivity index (χ4n) is 1.41. The van der Waals surface area contributed by atoms with Crippen LogP contribution in [0.2, 0.25) is 0 Å². The van der Waals surface area contributed by atoms with Crippen LogP contribution in [0, 0.1) is 11.6 Å². The molecule has 82 valence electrons. The van der Waals surface area contributed by atoms with Crippen molar-refractivity contribution in [1.29, 1.82) is 0 Å². The van der Waals surface area contributed by atoms with Crippen molar-refractivity contribution in [3.05, 3.63) is 65.5 Å². The lowest BCUT2D eigenvalue weighted by Crippen LogP contribution is -2.04. The third-order valence-corrected chi connectivity index (χ3v) is 2.23. The third kappa shape index (κ3) is 2.06. The molecule has 0 aliphatic rings.